The molecule has 2 aliphatic rings. The van der Waals surface area contributed by atoms with Gasteiger partial charge in [0.05, 0.1) is 20.3 Å². The van der Waals surface area contributed by atoms with Crippen LogP contribution in [0.15, 0.2) is 36.7 Å². The highest BCUT2D eigenvalue weighted by Gasteiger charge is 2.23. The zero-order valence-electron chi connectivity index (χ0n) is 15.3. The number of methoxy groups -OCH3 is 1. The Morgan fingerprint density at radius 3 is 2.35 bits per heavy atom. The topological polar surface area (TPSA) is 50.7 Å². The summed E-state index contributed by atoms with van der Waals surface area (Å²) in [6, 6.07) is 10.6. The summed E-state index contributed by atoms with van der Waals surface area (Å²) in [4.78, 5) is 13.6. The summed E-state index contributed by atoms with van der Waals surface area (Å²) in [7, 11) is 1.73. The molecule has 4 rings (SSSR count). The van der Waals surface area contributed by atoms with Crippen LogP contribution in [-0.2, 0) is 4.74 Å². The molecule has 26 heavy (non-hydrogen) atoms. The molecule has 6 nitrogen and oxygen atoms in total. The van der Waals surface area contributed by atoms with Gasteiger partial charge in [0.1, 0.15) is 23.7 Å². The van der Waals surface area contributed by atoms with Crippen molar-refractivity contribution in [2.75, 3.05) is 56.3 Å². The van der Waals surface area contributed by atoms with E-state index >= 15 is 0 Å². The van der Waals surface area contributed by atoms with Crippen LogP contribution in [-0.4, -0.2) is 56.5 Å². The van der Waals surface area contributed by atoms with E-state index in [2.05, 4.69) is 44.0 Å². The van der Waals surface area contributed by atoms with Crippen LogP contribution in [0.1, 0.15) is 24.3 Å². The predicted molar refractivity (Wildman–Crippen MR) is 102 cm³/mol. The Hall–Kier alpha value is -2.34. The van der Waals surface area contributed by atoms with Crippen molar-refractivity contribution >= 4 is 11.6 Å². The Balaban J connectivity index is 1.41. The molecular weight excluding hydrogens is 328 g/mol. The molecule has 0 atom stereocenters. The molecule has 1 aromatic heterocycles. The van der Waals surface area contributed by atoms with Crippen molar-refractivity contribution in [2.24, 2.45) is 0 Å². The molecule has 0 spiro atoms. The van der Waals surface area contributed by atoms with E-state index in [0.717, 1.165) is 69.6 Å². The molecule has 2 fully saturated rings. The third kappa shape index (κ3) is 3.75. The lowest BCUT2D eigenvalue weighted by Gasteiger charge is -2.34. The molecule has 0 amide bonds. The van der Waals surface area contributed by atoms with Crippen LogP contribution in [0.2, 0.25) is 0 Å². The van der Waals surface area contributed by atoms with E-state index in [-0.39, 0.29) is 0 Å². The lowest BCUT2D eigenvalue weighted by Crippen LogP contribution is -2.37. The molecule has 0 radical (unpaired) electrons. The largest absolute Gasteiger partial charge is 0.497 e. The second-order valence-electron chi connectivity index (χ2n) is 6.87. The highest BCUT2D eigenvalue weighted by Crippen LogP contribution is 2.32. The SMILES string of the molecule is COc1cccc(C2CCN(c3cc(N4CCOCC4)ncn3)CC2)c1. The average Bonchev–Trinajstić information content (AvgIpc) is 2.75. The van der Waals surface area contributed by atoms with E-state index in [1.54, 1.807) is 13.4 Å². The summed E-state index contributed by atoms with van der Waals surface area (Å²) in [5.41, 5.74) is 1.38. The van der Waals surface area contributed by atoms with Crippen LogP contribution >= 0.6 is 0 Å². The highest BCUT2D eigenvalue weighted by atomic mass is 16.5. The summed E-state index contributed by atoms with van der Waals surface area (Å²) < 4.78 is 10.8. The van der Waals surface area contributed by atoms with Crippen LogP contribution in [0, 0.1) is 0 Å². The maximum absolute atomic E-state index is 5.43. The summed E-state index contributed by atoms with van der Waals surface area (Å²) in [6.07, 6.45) is 3.95. The zero-order valence-corrected chi connectivity index (χ0v) is 15.3. The number of ether oxygens (including phenoxy) is 2. The monoisotopic (exact) mass is 354 g/mol. The van der Waals surface area contributed by atoms with Gasteiger partial charge in [-0.15, -0.1) is 0 Å². The van der Waals surface area contributed by atoms with Gasteiger partial charge in [0.25, 0.3) is 0 Å². The number of morpholine rings is 1. The van der Waals surface area contributed by atoms with Gasteiger partial charge in [-0.25, -0.2) is 9.97 Å². The van der Waals surface area contributed by atoms with Crippen LogP contribution in [0.4, 0.5) is 11.6 Å². The molecule has 2 aromatic rings. The third-order valence-electron chi connectivity index (χ3n) is 5.36. The molecule has 1 aromatic carbocycles. The van der Waals surface area contributed by atoms with Crippen molar-refractivity contribution in [1.29, 1.82) is 0 Å². The van der Waals surface area contributed by atoms with E-state index < -0.39 is 0 Å². The van der Waals surface area contributed by atoms with Crippen molar-refractivity contribution in [3.8, 4) is 5.75 Å². The smallest absolute Gasteiger partial charge is 0.134 e. The molecule has 138 valence electrons. The first-order chi connectivity index (χ1) is 12.8. The number of benzene rings is 1. The Kier molecular flexibility index (Phi) is 5.20. The Labute approximate surface area is 154 Å². The van der Waals surface area contributed by atoms with Crippen molar-refractivity contribution in [3.05, 3.63) is 42.2 Å². The summed E-state index contributed by atoms with van der Waals surface area (Å²) in [6.45, 7) is 5.36. The molecule has 0 aliphatic carbocycles. The van der Waals surface area contributed by atoms with E-state index in [1.807, 2.05) is 6.07 Å². The van der Waals surface area contributed by atoms with Gasteiger partial charge in [-0.2, -0.15) is 0 Å². The minimum atomic E-state index is 0.585. The molecule has 0 N–H and O–H groups in total. The number of hydrogen-bond donors (Lipinski definition) is 0. The first-order valence-corrected chi connectivity index (χ1v) is 9.37. The highest BCUT2D eigenvalue weighted by molar-refractivity contribution is 5.50. The van der Waals surface area contributed by atoms with Gasteiger partial charge >= 0.3 is 0 Å². The number of piperidine rings is 1. The molecular formula is C20H26N4O2. The van der Waals surface area contributed by atoms with Gasteiger partial charge in [0, 0.05) is 32.2 Å². The molecule has 2 aliphatic heterocycles. The van der Waals surface area contributed by atoms with Crippen LogP contribution in [0.25, 0.3) is 0 Å². The van der Waals surface area contributed by atoms with Crippen molar-refractivity contribution < 1.29 is 9.47 Å². The van der Waals surface area contributed by atoms with Crippen LogP contribution < -0.4 is 14.5 Å². The molecule has 6 heteroatoms. The van der Waals surface area contributed by atoms with E-state index in [1.165, 1.54) is 5.56 Å². The van der Waals surface area contributed by atoms with Gasteiger partial charge in [0.2, 0.25) is 0 Å². The Morgan fingerprint density at radius 1 is 0.962 bits per heavy atom. The quantitative estimate of drug-likeness (QED) is 0.841. The van der Waals surface area contributed by atoms with Crippen molar-refractivity contribution in [2.45, 2.75) is 18.8 Å². The fourth-order valence-corrected chi connectivity index (χ4v) is 3.81. The molecule has 3 heterocycles. The fraction of sp³-hybridized carbons (Fsp3) is 0.500. The summed E-state index contributed by atoms with van der Waals surface area (Å²) in [5, 5.41) is 0. The second-order valence-corrected chi connectivity index (χ2v) is 6.87. The normalized spacial score (nSPS) is 18.8. The average molecular weight is 354 g/mol. The number of anilines is 2. The molecule has 0 saturated carbocycles. The second kappa shape index (κ2) is 7.91. The van der Waals surface area contributed by atoms with Gasteiger partial charge in [0.15, 0.2) is 0 Å². The molecule has 0 bridgehead atoms. The summed E-state index contributed by atoms with van der Waals surface area (Å²) in [5.74, 6) is 3.57. The minimum Gasteiger partial charge on any atom is -0.497 e. The van der Waals surface area contributed by atoms with Crippen molar-refractivity contribution in [3.63, 3.8) is 0 Å². The van der Waals surface area contributed by atoms with E-state index in [9.17, 15) is 0 Å². The lowest BCUT2D eigenvalue weighted by molar-refractivity contribution is 0.122. The van der Waals surface area contributed by atoms with Crippen molar-refractivity contribution in [1.82, 2.24) is 9.97 Å². The zero-order chi connectivity index (χ0) is 17.8. The third-order valence-corrected chi connectivity index (χ3v) is 5.36. The Bertz CT molecular complexity index is 725. The fourth-order valence-electron chi connectivity index (χ4n) is 3.81. The van der Waals surface area contributed by atoms with Crippen LogP contribution in [0.5, 0.6) is 5.75 Å². The minimum absolute atomic E-state index is 0.585. The van der Waals surface area contributed by atoms with Gasteiger partial charge in [-0.3, -0.25) is 0 Å². The number of hydrogen-bond acceptors (Lipinski definition) is 6. The molecule has 2 saturated heterocycles. The standard InChI is InChI=1S/C20H26N4O2/c1-25-18-4-2-3-17(13-18)16-5-7-23(8-6-16)19-14-20(22-15-21-19)24-9-11-26-12-10-24/h2-4,13-16H,5-12H2,1H3. The summed E-state index contributed by atoms with van der Waals surface area (Å²) >= 11 is 0. The first kappa shape index (κ1) is 17.1. The van der Waals surface area contributed by atoms with Gasteiger partial charge < -0.3 is 19.3 Å². The van der Waals surface area contributed by atoms with Crippen LogP contribution in [0.3, 0.4) is 0 Å². The maximum atomic E-state index is 5.43. The maximum Gasteiger partial charge on any atom is 0.134 e. The van der Waals surface area contributed by atoms with Gasteiger partial charge in [-0.05, 0) is 36.5 Å². The number of rotatable bonds is 4. The number of aromatic nitrogens is 2. The first-order valence-electron chi connectivity index (χ1n) is 9.37. The van der Waals surface area contributed by atoms with E-state index in [0.29, 0.717) is 5.92 Å². The van der Waals surface area contributed by atoms with Gasteiger partial charge in [-0.1, -0.05) is 12.1 Å². The van der Waals surface area contributed by atoms with E-state index in [4.69, 9.17) is 9.47 Å². The lowest BCUT2D eigenvalue weighted by atomic mass is 9.89. The number of nitrogens with zero attached hydrogens (tertiary/aromatic N) is 4. The molecule has 0 unspecified atom stereocenters. The predicted octanol–water partition coefficient (Wildman–Crippen LogP) is 2.71. The Morgan fingerprint density at radius 2 is 1.65 bits per heavy atom.